The quantitative estimate of drug-likeness (QED) is 0.896. The van der Waals surface area contributed by atoms with E-state index in [1.165, 1.54) is 24.3 Å². The standard InChI is InChI=1S/C19H18ClFN2O2/c1-11-7-12(2)18(16(20)8-11)23-10-13(9-17(23)24)19(25)22-15-5-3-14(21)4-6-15/h3-8,13H,9-10H2,1-2H3,(H,22,25). The number of carbonyl (C=O) groups is 2. The maximum absolute atomic E-state index is 12.9. The molecule has 1 atom stereocenters. The molecular weight excluding hydrogens is 343 g/mol. The molecule has 4 nitrogen and oxygen atoms in total. The topological polar surface area (TPSA) is 49.4 Å². The Bertz CT molecular complexity index is 813. The highest BCUT2D eigenvalue weighted by atomic mass is 35.5. The van der Waals surface area contributed by atoms with Crippen molar-refractivity contribution in [3.05, 3.63) is 58.4 Å². The Morgan fingerprint density at radius 3 is 2.56 bits per heavy atom. The fraction of sp³-hybridized carbons (Fsp3) is 0.263. The molecule has 2 aromatic carbocycles. The number of aryl methyl sites for hydroxylation is 2. The first-order valence-corrected chi connectivity index (χ1v) is 8.36. The van der Waals surface area contributed by atoms with Gasteiger partial charge in [-0.1, -0.05) is 17.7 Å². The van der Waals surface area contributed by atoms with E-state index < -0.39 is 5.92 Å². The summed E-state index contributed by atoms with van der Waals surface area (Å²) in [6.07, 6.45) is 0.122. The molecule has 2 aromatic rings. The summed E-state index contributed by atoms with van der Waals surface area (Å²) in [6.45, 7) is 4.11. The van der Waals surface area contributed by atoms with Crippen LogP contribution in [-0.2, 0) is 9.59 Å². The molecule has 3 rings (SSSR count). The fourth-order valence-corrected chi connectivity index (χ4v) is 3.55. The van der Waals surface area contributed by atoms with Gasteiger partial charge in [0.05, 0.1) is 16.6 Å². The van der Waals surface area contributed by atoms with Gasteiger partial charge in [0, 0.05) is 18.7 Å². The van der Waals surface area contributed by atoms with Gasteiger partial charge in [-0.3, -0.25) is 9.59 Å². The summed E-state index contributed by atoms with van der Waals surface area (Å²) < 4.78 is 12.9. The van der Waals surface area contributed by atoms with Crippen molar-refractivity contribution < 1.29 is 14.0 Å². The lowest BCUT2D eigenvalue weighted by Crippen LogP contribution is -2.28. The molecule has 1 saturated heterocycles. The highest BCUT2D eigenvalue weighted by molar-refractivity contribution is 6.34. The third-order valence-corrected chi connectivity index (χ3v) is 4.56. The second kappa shape index (κ2) is 6.84. The normalized spacial score (nSPS) is 17.0. The predicted molar refractivity (Wildman–Crippen MR) is 96.4 cm³/mol. The average molecular weight is 361 g/mol. The predicted octanol–water partition coefficient (Wildman–Crippen LogP) is 4.09. The number of nitrogens with one attached hydrogen (secondary N) is 1. The molecule has 1 aliphatic rings. The monoisotopic (exact) mass is 360 g/mol. The van der Waals surface area contributed by atoms with Gasteiger partial charge in [0.2, 0.25) is 11.8 Å². The van der Waals surface area contributed by atoms with E-state index in [4.69, 9.17) is 11.6 Å². The highest BCUT2D eigenvalue weighted by Gasteiger charge is 2.36. The number of hydrogen-bond acceptors (Lipinski definition) is 2. The van der Waals surface area contributed by atoms with Crippen LogP contribution in [0.4, 0.5) is 15.8 Å². The minimum absolute atomic E-state index is 0.122. The summed E-state index contributed by atoms with van der Waals surface area (Å²) in [4.78, 5) is 26.4. The Hall–Kier alpha value is -2.40. The smallest absolute Gasteiger partial charge is 0.229 e. The van der Waals surface area contributed by atoms with Crippen molar-refractivity contribution >= 4 is 34.8 Å². The molecule has 0 saturated carbocycles. The van der Waals surface area contributed by atoms with E-state index >= 15 is 0 Å². The highest BCUT2D eigenvalue weighted by Crippen LogP contribution is 2.35. The summed E-state index contributed by atoms with van der Waals surface area (Å²) in [5.74, 6) is -1.24. The first-order valence-electron chi connectivity index (χ1n) is 7.98. The molecular formula is C19H18ClFN2O2. The van der Waals surface area contributed by atoms with Crippen molar-refractivity contribution in [3.63, 3.8) is 0 Å². The number of halogens is 2. The van der Waals surface area contributed by atoms with E-state index in [0.717, 1.165) is 11.1 Å². The van der Waals surface area contributed by atoms with Crippen LogP contribution in [-0.4, -0.2) is 18.4 Å². The first-order chi connectivity index (χ1) is 11.8. The van der Waals surface area contributed by atoms with E-state index in [2.05, 4.69) is 5.32 Å². The van der Waals surface area contributed by atoms with Crippen LogP contribution in [0.1, 0.15) is 17.5 Å². The summed E-state index contributed by atoms with van der Waals surface area (Å²) >= 11 is 6.32. The number of nitrogens with zero attached hydrogens (tertiary/aromatic N) is 1. The zero-order chi connectivity index (χ0) is 18.1. The zero-order valence-corrected chi connectivity index (χ0v) is 14.7. The maximum Gasteiger partial charge on any atom is 0.229 e. The lowest BCUT2D eigenvalue weighted by molar-refractivity contribution is -0.122. The van der Waals surface area contributed by atoms with Crippen LogP contribution in [0.2, 0.25) is 5.02 Å². The van der Waals surface area contributed by atoms with Gasteiger partial charge in [0.15, 0.2) is 0 Å². The van der Waals surface area contributed by atoms with E-state index in [1.54, 1.807) is 4.90 Å². The number of rotatable bonds is 3. The molecule has 1 aliphatic heterocycles. The van der Waals surface area contributed by atoms with E-state index in [1.807, 2.05) is 26.0 Å². The minimum atomic E-state index is -0.477. The second-order valence-corrected chi connectivity index (χ2v) is 6.72. The summed E-state index contributed by atoms with van der Waals surface area (Å²) in [5.41, 5.74) is 3.08. The van der Waals surface area contributed by atoms with Crippen LogP contribution in [0.15, 0.2) is 36.4 Å². The van der Waals surface area contributed by atoms with Gasteiger partial charge < -0.3 is 10.2 Å². The molecule has 0 aliphatic carbocycles. The average Bonchev–Trinajstić information content (AvgIpc) is 2.90. The molecule has 0 spiro atoms. The van der Waals surface area contributed by atoms with E-state index in [0.29, 0.717) is 16.4 Å². The Morgan fingerprint density at radius 1 is 1.24 bits per heavy atom. The van der Waals surface area contributed by atoms with Crippen LogP contribution in [0.5, 0.6) is 0 Å². The molecule has 1 N–H and O–H groups in total. The number of hydrogen-bond donors (Lipinski definition) is 1. The number of anilines is 2. The Morgan fingerprint density at radius 2 is 1.92 bits per heavy atom. The lowest BCUT2D eigenvalue weighted by Gasteiger charge is -2.21. The number of amides is 2. The molecule has 1 fully saturated rings. The largest absolute Gasteiger partial charge is 0.326 e. The zero-order valence-electron chi connectivity index (χ0n) is 14.0. The van der Waals surface area contributed by atoms with Crippen molar-refractivity contribution in [2.75, 3.05) is 16.8 Å². The molecule has 1 unspecified atom stereocenters. The van der Waals surface area contributed by atoms with Crippen molar-refractivity contribution in [3.8, 4) is 0 Å². The Labute approximate surface area is 150 Å². The molecule has 0 bridgehead atoms. The molecule has 0 radical (unpaired) electrons. The van der Waals surface area contributed by atoms with Gasteiger partial charge in [-0.15, -0.1) is 0 Å². The third kappa shape index (κ3) is 3.66. The van der Waals surface area contributed by atoms with E-state index in [9.17, 15) is 14.0 Å². The molecule has 2 amide bonds. The minimum Gasteiger partial charge on any atom is -0.326 e. The van der Waals surface area contributed by atoms with Crippen LogP contribution < -0.4 is 10.2 Å². The van der Waals surface area contributed by atoms with Gasteiger partial charge in [0.1, 0.15) is 5.82 Å². The first kappa shape index (κ1) is 17.4. The van der Waals surface area contributed by atoms with Crippen LogP contribution in [0.3, 0.4) is 0 Å². The number of carbonyl (C=O) groups excluding carboxylic acids is 2. The van der Waals surface area contributed by atoms with Crippen molar-refractivity contribution in [1.29, 1.82) is 0 Å². The Kier molecular flexibility index (Phi) is 4.77. The molecule has 130 valence electrons. The van der Waals surface area contributed by atoms with Gasteiger partial charge in [-0.2, -0.15) is 0 Å². The van der Waals surface area contributed by atoms with E-state index in [-0.39, 0.29) is 30.6 Å². The van der Waals surface area contributed by atoms with Gasteiger partial charge in [-0.05, 0) is 55.3 Å². The van der Waals surface area contributed by atoms with Crippen LogP contribution >= 0.6 is 11.6 Å². The SMILES string of the molecule is Cc1cc(C)c(N2CC(C(=O)Nc3ccc(F)cc3)CC2=O)c(Cl)c1. The molecule has 1 heterocycles. The molecule has 0 aromatic heterocycles. The summed E-state index contributed by atoms with van der Waals surface area (Å²) in [7, 11) is 0. The lowest BCUT2D eigenvalue weighted by atomic mass is 10.1. The fourth-order valence-electron chi connectivity index (χ4n) is 3.13. The van der Waals surface area contributed by atoms with Gasteiger partial charge in [0.25, 0.3) is 0 Å². The van der Waals surface area contributed by atoms with Gasteiger partial charge in [-0.25, -0.2) is 4.39 Å². The molecule has 25 heavy (non-hydrogen) atoms. The van der Waals surface area contributed by atoms with Crippen molar-refractivity contribution in [2.45, 2.75) is 20.3 Å². The summed E-state index contributed by atoms with van der Waals surface area (Å²) in [6, 6.07) is 9.29. The van der Waals surface area contributed by atoms with Crippen molar-refractivity contribution in [1.82, 2.24) is 0 Å². The second-order valence-electron chi connectivity index (χ2n) is 6.31. The third-order valence-electron chi connectivity index (χ3n) is 4.28. The Balaban J connectivity index is 1.76. The maximum atomic E-state index is 12.9. The molecule has 6 heteroatoms. The van der Waals surface area contributed by atoms with Crippen LogP contribution in [0.25, 0.3) is 0 Å². The summed E-state index contributed by atoms with van der Waals surface area (Å²) in [5, 5.41) is 3.23. The number of benzene rings is 2. The van der Waals surface area contributed by atoms with Crippen molar-refractivity contribution in [2.24, 2.45) is 5.92 Å². The van der Waals surface area contributed by atoms with Gasteiger partial charge >= 0.3 is 0 Å². The van der Waals surface area contributed by atoms with Crippen LogP contribution in [0, 0.1) is 25.6 Å².